The first-order chi connectivity index (χ1) is 8.25. The molecular formula is C13H19N3O. The van der Waals surface area contributed by atoms with Gasteiger partial charge in [-0.15, -0.1) is 0 Å². The number of nitrogens with zero attached hydrogens (tertiary/aromatic N) is 2. The maximum absolute atomic E-state index is 5.66. The molecule has 0 saturated carbocycles. The lowest BCUT2D eigenvalue weighted by Gasteiger charge is -2.17. The Kier molecular flexibility index (Phi) is 3.96. The van der Waals surface area contributed by atoms with Crippen LogP contribution >= 0.6 is 0 Å². The maximum atomic E-state index is 5.66. The zero-order valence-electron chi connectivity index (χ0n) is 10.4. The van der Waals surface area contributed by atoms with Gasteiger partial charge in [-0.25, -0.2) is 4.98 Å². The van der Waals surface area contributed by atoms with Gasteiger partial charge in [0.05, 0.1) is 6.10 Å². The Morgan fingerprint density at radius 1 is 1.35 bits per heavy atom. The first kappa shape index (κ1) is 11.9. The van der Waals surface area contributed by atoms with Crippen LogP contribution < -0.4 is 10.1 Å². The highest BCUT2D eigenvalue weighted by atomic mass is 16.5. The molecule has 0 radical (unpaired) electrons. The van der Waals surface area contributed by atoms with Crippen molar-refractivity contribution in [1.82, 2.24) is 4.98 Å². The normalized spacial score (nSPS) is 15.6. The van der Waals surface area contributed by atoms with Crippen LogP contribution in [-0.4, -0.2) is 23.5 Å². The zero-order chi connectivity index (χ0) is 12.1. The van der Waals surface area contributed by atoms with E-state index in [9.17, 15) is 0 Å². The third-order valence-corrected chi connectivity index (χ3v) is 2.52. The average molecular weight is 233 g/mol. The van der Waals surface area contributed by atoms with E-state index in [4.69, 9.17) is 4.74 Å². The SMILES string of the molecule is CC(C)Oc1ncccc1NC1=NCCCC1. The fourth-order valence-electron chi connectivity index (χ4n) is 1.76. The molecule has 0 aliphatic carbocycles. The Morgan fingerprint density at radius 2 is 2.24 bits per heavy atom. The van der Waals surface area contributed by atoms with E-state index in [0.29, 0.717) is 5.88 Å². The summed E-state index contributed by atoms with van der Waals surface area (Å²) < 4.78 is 5.66. The average Bonchev–Trinajstić information content (AvgIpc) is 2.32. The van der Waals surface area contributed by atoms with Gasteiger partial charge in [0.2, 0.25) is 5.88 Å². The number of rotatable bonds is 3. The molecule has 0 fully saturated rings. The van der Waals surface area contributed by atoms with E-state index in [-0.39, 0.29) is 6.10 Å². The van der Waals surface area contributed by atoms with E-state index in [1.165, 1.54) is 12.8 Å². The number of nitrogens with one attached hydrogen (secondary N) is 1. The number of amidine groups is 1. The molecule has 0 unspecified atom stereocenters. The van der Waals surface area contributed by atoms with Crippen LogP contribution in [0.2, 0.25) is 0 Å². The molecule has 2 rings (SSSR count). The Hall–Kier alpha value is -1.58. The Balaban J connectivity index is 2.11. The summed E-state index contributed by atoms with van der Waals surface area (Å²) in [4.78, 5) is 8.71. The van der Waals surface area contributed by atoms with E-state index >= 15 is 0 Å². The van der Waals surface area contributed by atoms with Crippen molar-refractivity contribution in [3.63, 3.8) is 0 Å². The molecule has 0 saturated heterocycles. The fourth-order valence-corrected chi connectivity index (χ4v) is 1.76. The van der Waals surface area contributed by atoms with Crippen LogP contribution in [-0.2, 0) is 0 Å². The van der Waals surface area contributed by atoms with Crippen LogP contribution in [0.1, 0.15) is 33.1 Å². The first-order valence-electron chi connectivity index (χ1n) is 6.18. The van der Waals surface area contributed by atoms with Crippen LogP contribution in [0, 0.1) is 0 Å². The smallest absolute Gasteiger partial charge is 0.237 e. The Labute approximate surface area is 102 Å². The monoisotopic (exact) mass is 233 g/mol. The van der Waals surface area contributed by atoms with Gasteiger partial charge in [-0.1, -0.05) is 0 Å². The third-order valence-electron chi connectivity index (χ3n) is 2.52. The van der Waals surface area contributed by atoms with Crippen molar-refractivity contribution in [1.29, 1.82) is 0 Å². The molecule has 1 aromatic heterocycles. The maximum Gasteiger partial charge on any atom is 0.237 e. The standard InChI is InChI=1S/C13H19N3O/c1-10(2)17-13-11(6-5-9-15-13)16-12-7-3-4-8-14-12/h5-6,9-10H,3-4,7-8H2,1-2H3,(H,14,16). The van der Waals surface area contributed by atoms with E-state index in [2.05, 4.69) is 15.3 Å². The van der Waals surface area contributed by atoms with Crippen LogP contribution in [0.4, 0.5) is 5.69 Å². The number of aliphatic imine (C=N–C) groups is 1. The van der Waals surface area contributed by atoms with E-state index in [0.717, 1.165) is 24.5 Å². The largest absolute Gasteiger partial charge is 0.473 e. The summed E-state index contributed by atoms with van der Waals surface area (Å²) in [6.07, 6.45) is 5.26. The fraction of sp³-hybridized carbons (Fsp3) is 0.538. The molecule has 0 bridgehead atoms. The minimum absolute atomic E-state index is 0.124. The molecule has 4 heteroatoms. The molecule has 0 atom stereocenters. The molecule has 1 aliphatic heterocycles. The molecule has 0 spiro atoms. The van der Waals surface area contributed by atoms with Crippen molar-refractivity contribution in [2.75, 3.05) is 11.9 Å². The predicted octanol–water partition coefficient (Wildman–Crippen LogP) is 2.86. The summed E-state index contributed by atoms with van der Waals surface area (Å²) in [5.41, 5.74) is 0.904. The number of aromatic nitrogens is 1. The second-order valence-corrected chi connectivity index (χ2v) is 4.43. The number of hydrogen-bond acceptors (Lipinski definition) is 4. The van der Waals surface area contributed by atoms with Crippen molar-refractivity contribution in [3.05, 3.63) is 18.3 Å². The lowest BCUT2D eigenvalue weighted by atomic mass is 10.2. The van der Waals surface area contributed by atoms with Gasteiger partial charge in [-0.05, 0) is 38.8 Å². The first-order valence-corrected chi connectivity index (χ1v) is 6.18. The van der Waals surface area contributed by atoms with Gasteiger partial charge in [0.25, 0.3) is 0 Å². The van der Waals surface area contributed by atoms with Gasteiger partial charge < -0.3 is 10.1 Å². The van der Waals surface area contributed by atoms with Crippen LogP contribution in [0.15, 0.2) is 23.3 Å². The topological polar surface area (TPSA) is 46.5 Å². The molecule has 0 amide bonds. The molecule has 1 aliphatic rings. The van der Waals surface area contributed by atoms with E-state index in [1.807, 2.05) is 26.0 Å². The molecular weight excluding hydrogens is 214 g/mol. The molecule has 2 heterocycles. The number of ether oxygens (including phenoxy) is 1. The third kappa shape index (κ3) is 3.44. The minimum atomic E-state index is 0.124. The molecule has 1 aromatic rings. The summed E-state index contributed by atoms with van der Waals surface area (Å²) in [5, 5.41) is 3.32. The summed E-state index contributed by atoms with van der Waals surface area (Å²) >= 11 is 0. The number of anilines is 1. The highest BCUT2D eigenvalue weighted by Crippen LogP contribution is 2.22. The molecule has 4 nitrogen and oxygen atoms in total. The second kappa shape index (κ2) is 5.66. The summed E-state index contributed by atoms with van der Waals surface area (Å²) in [7, 11) is 0. The van der Waals surface area contributed by atoms with Gasteiger partial charge >= 0.3 is 0 Å². The lowest BCUT2D eigenvalue weighted by Crippen LogP contribution is -2.18. The highest BCUT2D eigenvalue weighted by Gasteiger charge is 2.10. The molecule has 17 heavy (non-hydrogen) atoms. The molecule has 0 aromatic carbocycles. The van der Waals surface area contributed by atoms with E-state index in [1.54, 1.807) is 6.20 Å². The summed E-state index contributed by atoms with van der Waals surface area (Å²) in [5.74, 6) is 1.69. The van der Waals surface area contributed by atoms with Gasteiger partial charge in [-0.3, -0.25) is 4.99 Å². The zero-order valence-corrected chi connectivity index (χ0v) is 10.4. The quantitative estimate of drug-likeness (QED) is 0.873. The van der Waals surface area contributed by atoms with Crippen molar-refractivity contribution in [3.8, 4) is 5.88 Å². The van der Waals surface area contributed by atoms with Crippen molar-refractivity contribution in [2.24, 2.45) is 4.99 Å². The molecule has 1 N–H and O–H groups in total. The predicted molar refractivity (Wildman–Crippen MR) is 69.8 cm³/mol. The molecule has 92 valence electrons. The minimum Gasteiger partial charge on any atom is -0.473 e. The van der Waals surface area contributed by atoms with Gasteiger partial charge in [-0.2, -0.15) is 0 Å². The highest BCUT2D eigenvalue weighted by molar-refractivity contribution is 5.96. The Morgan fingerprint density at radius 3 is 2.94 bits per heavy atom. The number of pyridine rings is 1. The van der Waals surface area contributed by atoms with Gasteiger partial charge in [0, 0.05) is 19.2 Å². The van der Waals surface area contributed by atoms with Crippen molar-refractivity contribution < 1.29 is 4.74 Å². The van der Waals surface area contributed by atoms with Gasteiger partial charge in [0.15, 0.2) is 0 Å². The van der Waals surface area contributed by atoms with Gasteiger partial charge in [0.1, 0.15) is 11.5 Å². The Bertz CT molecular complexity index is 401. The van der Waals surface area contributed by atoms with Crippen LogP contribution in [0.3, 0.4) is 0 Å². The van der Waals surface area contributed by atoms with E-state index < -0.39 is 0 Å². The van der Waals surface area contributed by atoms with Crippen LogP contribution in [0.25, 0.3) is 0 Å². The van der Waals surface area contributed by atoms with Crippen molar-refractivity contribution >= 4 is 11.5 Å². The summed E-state index contributed by atoms with van der Waals surface area (Å²) in [6, 6.07) is 3.88. The lowest BCUT2D eigenvalue weighted by molar-refractivity contribution is 0.234. The second-order valence-electron chi connectivity index (χ2n) is 4.43. The number of hydrogen-bond donors (Lipinski definition) is 1. The van der Waals surface area contributed by atoms with Crippen molar-refractivity contribution in [2.45, 2.75) is 39.2 Å². The van der Waals surface area contributed by atoms with Crippen LogP contribution in [0.5, 0.6) is 5.88 Å². The summed E-state index contributed by atoms with van der Waals surface area (Å²) in [6.45, 7) is 4.91.